The number of nitrogens with zero attached hydrogens (tertiary/aromatic N) is 3. The van der Waals surface area contributed by atoms with Crippen molar-refractivity contribution < 1.29 is 18.7 Å². The minimum absolute atomic E-state index is 0.0937. The first-order chi connectivity index (χ1) is 19.7. The van der Waals surface area contributed by atoms with Gasteiger partial charge in [-0.05, 0) is 83.5 Å². The number of nitrogen functional groups attached to an aromatic ring is 1. The number of carbonyl (C=O) groups excluding carboxylic acids is 2. The van der Waals surface area contributed by atoms with Crippen molar-refractivity contribution in [2.24, 2.45) is 0 Å². The van der Waals surface area contributed by atoms with Gasteiger partial charge < -0.3 is 20.3 Å². The molecule has 1 saturated heterocycles. The number of fused-ring (bicyclic) bond motifs is 1. The lowest BCUT2D eigenvalue weighted by Gasteiger charge is -2.39. The van der Waals surface area contributed by atoms with Gasteiger partial charge in [0.05, 0.1) is 35.0 Å². The number of anilines is 2. The van der Waals surface area contributed by atoms with E-state index in [0.717, 1.165) is 16.7 Å². The molecule has 1 aliphatic carbocycles. The van der Waals surface area contributed by atoms with Gasteiger partial charge >= 0.3 is 0 Å². The van der Waals surface area contributed by atoms with Crippen molar-refractivity contribution in [3.8, 4) is 0 Å². The van der Waals surface area contributed by atoms with Crippen molar-refractivity contribution in [1.29, 1.82) is 0 Å². The molecule has 7 nitrogen and oxygen atoms in total. The maximum absolute atomic E-state index is 14.8. The fourth-order valence-corrected chi connectivity index (χ4v) is 6.73. The standard InChI is InChI=1S/C30H28Cl2FIN4O3/c31-19-3-1-18(2-4-19)27-29(40)37(10-9-36-11-13-41-14-12-36)26-6-5-20(34)15-21(26)28(39)38(27)30(7-8-30)22-16-24(33)23(32)17-25(22)35/h1-6,15-17,27H,7-14,35H2/t27-/m0/s1. The van der Waals surface area contributed by atoms with Crippen molar-refractivity contribution in [2.45, 2.75) is 24.4 Å². The highest BCUT2D eigenvalue weighted by Gasteiger charge is 2.58. The molecular formula is C30H28Cl2FIN4O3. The number of rotatable bonds is 6. The number of hydrogen-bond donors (Lipinski definition) is 1. The van der Waals surface area contributed by atoms with Crippen LogP contribution in [0.25, 0.3) is 0 Å². The van der Waals surface area contributed by atoms with E-state index in [0.29, 0.717) is 66.5 Å². The third kappa shape index (κ3) is 5.31. The molecule has 3 aromatic carbocycles. The number of amides is 2. The molecule has 0 spiro atoms. The lowest BCUT2D eigenvalue weighted by atomic mass is 9.94. The monoisotopic (exact) mass is 708 g/mol. The van der Waals surface area contributed by atoms with E-state index >= 15 is 0 Å². The van der Waals surface area contributed by atoms with Crippen LogP contribution in [0, 0.1) is 9.39 Å². The Morgan fingerprint density at radius 2 is 1.71 bits per heavy atom. The van der Waals surface area contributed by atoms with Crippen LogP contribution >= 0.6 is 45.8 Å². The average molecular weight is 709 g/mol. The number of ether oxygens (including phenoxy) is 1. The van der Waals surface area contributed by atoms with E-state index in [2.05, 4.69) is 27.5 Å². The van der Waals surface area contributed by atoms with Crippen molar-refractivity contribution in [3.05, 3.63) is 90.7 Å². The maximum atomic E-state index is 14.8. The zero-order chi connectivity index (χ0) is 28.9. The van der Waals surface area contributed by atoms with Gasteiger partial charge in [0.25, 0.3) is 11.8 Å². The van der Waals surface area contributed by atoms with Crippen LogP contribution in [0.2, 0.25) is 10.0 Å². The van der Waals surface area contributed by atoms with Gasteiger partial charge in [-0.25, -0.2) is 4.39 Å². The summed E-state index contributed by atoms with van der Waals surface area (Å²) in [6.07, 6.45) is 1.04. The average Bonchev–Trinajstić information content (AvgIpc) is 3.77. The molecule has 2 fully saturated rings. The molecule has 2 N–H and O–H groups in total. The van der Waals surface area contributed by atoms with Crippen LogP contribution in [0.1, 0.15) is 40.4 Å². The molecule has 11 heteroatoms. The van der Waals surface area contributed by atoms with E-state index in [4.69, 9.17) is 33.7 Å². The van der Waals surface area contributed by atoms with Crippen molar-refractivity contribution >= 4 is 69.0 Å². The van der Waals surface area contributed by atoms with E-state index in [1.54, 1.807) is 34.1 Å². The zero-order valence-electron chi connectivity index (χ0n) is 22.1. The van der Waals surface area contributed by atoms with E-state index in [9.17, 15) is 14.0 Å². The Morgan fingerprint density at radius 1 is 1.00 bits per heavy atom. The highest BCUT2D eigenvalue weighted by atomic mass is 127. The lowest BCUT2D eigenvalue weighted by Crippen LogP contribution is -2.49. The molecular weight excluding hydrogens is 681 g/mol. The number of hydrogen-bond acceptors (Lipinski definition) is 5. The van der Waals surface area contributed by atoms with Gasteiger partial charge in [-0.1, -0.05) is 35.3 Å². The Hall–Kier alpha value is -2.44. The SMILES string of the molecule is Nc1cc(Cl)c(F)cc1C1(N2C(=O)c3cc(I)ccc3N(CCN3CCOCC3)C(=O)[C@@H]2c2ccc(Cl)cc2)CC1. The molecule has 0 unspecified atom stereocenters. The summed E-state index contributed by atoms with van der Waals surface area (Å²) in [5.74, 6) is -1.18. The molecule has 6 rings (SSSR count). The van der Waals surface area contributed by atoms with Crippen molar-refractivity contribution in [2.75, 3.05) is 50.0 Å². The minimum Gasteiger partial charge on any atom is -0.398 e. The topological polar surface area (TPSA) is 79.1 Å². The third-order valence-corrected chi connectivity index (χ3v) is 9.38. The van der Waals surface area contributed by atoms with Gasteiger partial charge in [0, 0.05) is 46.0 Å². The predicted octanol–water partition coefficient (Wildman–Crippen LogP) is 5.87. The maximum Gasteiger partial charge on any atom is 0.257 e. The molecule has 0 aromatic heterocycles. The van der Waals surface area contributed by atoms with Crippen LogP contribution in [-0.4, -0.2) is 61.0 Å². The van der Waals surface area contributed by atoms with Gasteiger partial charge in [0.2, 0.25) is 0 Å². The molecule has 3 aliphatic rings. The summed E-state index contributed by atoms with van der Waals surface area (Å²) in [6.45, 7) is 3.86. The van der Waals surface area contributed by atoms with Crippen molar-refractivity contribution in [1.82, 2.24) is 9.80 Å². The number of nitrogens with two attached hydrogens (primary N) is 1. The first kappa shape index (κ1) is 28.7. The Balaban J connectivity index is 1.52. The molecule has 3 aromatic rings. The summed E-state index contributed by atoms with van der Waals surface area (Å²) < 4.78 is 21.2. The third-order valence-electron chi connectivity index (χ3n) is 8.16. The largest absolute Gasteiger partial charge is 0.398 e. The minimum atomic E-state index is -0.991. The Morgan fingerprint density at radius 3 is 2.39 bits per heavy atom. The summed E-state index contributed by atoms with van der Waals surface area (Å²) >= 11 is 14.4. The number of carbonyl (C=O) groups is 2. The Kier molecular flexibility index (Phi) is 7.92. The second-order valence-corrected chi connectivity index (χ2v) is 12.7. The van der Waals surface area contributed by atoms with Crippen LogP contribution in [0.5, 0.6) is 0 Å². The molecule has 2 heterocycles. The van der Waals surface area contributed by atoms with E-state index in [-0.39, 0.29) is 22.5 Å². The fourth-order valence-electron chi connectivity index (χ4n) is 5.94. The first-order valence-electron chi connectivity index (χ1n) is 13.4. The summed E-state index contributed by atoms with van der Waals surface area (Å²) in [6, 6.07) is 14.2. The normalized spacial score (nSPS) is 20.6. The van der Waals surface area contributed by atoms with Crippen LogP contribution in [0.3, 0.4) is 0 Å². The van der Waals surface area contributed by atoms with Crippen LogP contribution in [0.15, 0.2) is 54.6 Å². The highest BCUT2D eigenvalue weighted by molar-refractivity contribution is 14.1. The summed E-state index contributed by atoms with van der Waals surface area (Å²) in [5.41, 5.74) is 7.75. The highest BCUT2D eigenvalue weighted by Crippen LogP contribution is 2.57. The van der Waals surface area contributed by atoms with Gasteiger partial charge in [0.1, 0.15) is 11.9 Å². The van der Waals surface area contributed by atoms with Crippen LogP contribution in [0.4, 0.5) is 15.8 Å². The van der Waals surface area contributed by atoms with E-state index in [1.165, 1.54) is 12.1 Å². The molecule has 214 valence electrons. The van der Waals surface area contributed by atoms with Gasteiger partial charge in [-0.2, -0.15) is 0 Å². The molecule has 2 aliphatic heterocycles. The van der Waals surface area contributed by atoms with Crippen LogP contribution < -0.4 is 10.6 Å². The van der Waals surface area contributed by atoms with E-state index < -0.39 is 17.4 Å². The van der Waals surface area contributed by atoms with E-state index in [1.807, 2.05) is 18.2 Å². The number of benzene rings is 3. The summed E-state index contributed by atoms with van der Waals surface area (Å²) in [4.78, 5) is 35.0. The fraction of sp³-hybridized carbons (Fsp3) is 0.333. The smallest absolute Gasteiger partial charge is 0.257 e. The molecule has 0 radical (unpaired) electrons. The molecule has 1 atom stereocenters. The second kappa shape index (κ2) is 11.3. The summed E-state index contributed by atoms with van der Waals surface area (Å²) in [5, 5.41) is 0.420. The Bertz CT molecular complexity index is 1510. The zero-order valence-corrected chi connectivity index (χ0v) is 25.8. The first-order valence-corrected chi connectivity index (χ1v) is 15.3. The molecule has 2 amide bonds. The van der Waals surface area contributed by atoms with Gasteiger partial charge in [-0.15, -0.1) is 0 Å². The second-order valence-electron chi connectivity index (χ2n) is 10.6. The summed E-state index contributed by atoms with van der Waals surface area (Å²) in [7, 11) is 0. The van der Waals surface area contributed by atoms with Crippen molar-refractivity contribution in [3.63, 3.8) is 0 Å². The molecule has 41 heavy (non-hydrogen) atoms. The Labute approximate surface area is 261 Å². The van der Waals surface area contributed by atoms with Gasteiger partial charge in [0.15, 0.2) is 0 Å². The molecule has 0 bridgehead atoms. The molecule has 1 saturated carbocycles. The quantitative estimate of drug-likeness (QED) is 0.256. The van der Waals surface area contributed by atoms with Crippen LogP contribution in [-0.2, 0) is 15.1 Å². The predicted molar refractivity (Wildman–Crippen MR) is 166 cm³/mol. The lowest BCUT2D eigenvalue weighted by molar-refractivity contribution is -0.124. The van der Waals surface area contributed by atoms with Gasteiger partial charge in [-0.3, -0.25) is 14.5 Å². The number of morpholine rings is 1. The number of halogens is 4.